The van der Waals surface area contributed by atoms with Crippen LogP contribution in [0, 0.1) is 0 Å². The van der Waals surface area contributed by atoms with Crippen LogP contribution in [-0.4, -0.2) is 43.2 Å². The van der Waals surface area contributed by atoms with E-state index < -0.39 is 5.60 Å². The van der Waals surface area contributed by atoms with Gasteiger partial charge in [-0.25, -0.2) is 0 Å². The van der Waals surface area contributed by atoms with Gasteiger partial charge in [-0.1, -0.05) is 48.5 Å². The maximum absolute atomic E-state index is 12.7. The van der Waals surface area contributed by atoms with E-state index in [1.54, 1.807) is 7.11 Å². The van der Waals surface area contributed by atoms with Crippen LogP contribution in [-0.2, 0) is 16.0 Å². The highest BCUT2D eigenvalue weighted by molar-refractivity contribution is 5.79. The molecule has 1 unspecified atom stereocenters. The summed E-state index contributed by atoms with van der Waals surface area (Å²) < 4.78 is 11.7. The van der Waals surface area contributed by atoms with Crippen LogP contribution >= 0.6 is 0 Å². The highest BCUT2D eigenvalue weighted by Crippen LogP contribution is 2.26. The monoisotopic (exact) mass is 339 g/mol. The summed E-state index contributed by atoms with van der Waals surface area (Å²) in [6.45, 7) is 1.80. The second-order valence-corrected chi connectivity index (χ2v) is 6.57. The second-order valence-electron chi connectivity index (χ2n) is 6.57. The lowest BCUT2D eigenvalue weighted by atomic mass is 9.92. The molecule has 0 bridgehead atoms. The highest BCUT2D eigenvalue weighted by Gasteiger charge is 2.38. The molecule has 132 valence electrons. The minimum atomic E-state index is -0.444. The van der Waals surface area contributed by atoms with Crippen LogP contribution in [0.25, 0.3) is 0 Å². The SMILES string of the molecule is COC1(COc2ccccc2)CCCN(C(=O)Cc2ccccc2)C1. The Morgan fingerprint density at radius 1 is 1.08 bits per heavy atom. The maximum atomic E-state index is 12.7. The number of piperidine rings is 1. The first-order valence-corrected chi connectivity index (χ1v) is 8.75. The van der Waals surface area contributed by atoms with Gasteiger partial charge in [-0.3, -0.25) is 4.79 Å². The molecule has 1 aliphatic rings. The highest BCUT2D eigenvalue weighted by atomic mass is 16.5. The average molecular weight is 339 g/mol. The van der Waals surface area contributed by atoms with Crippen LogP contribution in [0.3, 0.4) is 0 Å². The van der Waals surface area contributed by atoms with Gasteiger partial charge in [0.15, 0.2) is 0 Å². The van der Waals surface area contributed by atoms with Crippen molar-refractivity contribution >= 4 is 5.91 Å². The molecule has 1 atom stereocenters. The van der Waals surface area contributed by atoms with E-state index in [1.807, 2.05) is 65.6 Å². The quantitative estimate of drug-likeness (QED) is 0.810. The minimum absolute atomic E-state index is 0.145. The zero-order valence-corrected chi connectivity index (χ0v) is 14.7. The predicted octanol–water partition coefficient (Wildman–Crippen LogP) is 3.32. The van der Waals surface area contributed by atoms with Gasteiger partial charge in [-0.15, -0.1) is 0 Å². The van der Waals surface area contributed by atoms with Crippen LogP contribution < -0.4 is 4.74 Å². The van der Waals surface area contributed by atoms with E-state index in [9.17, 15) is 4.79 Å². The molecule has 4 heteroatoms. The predicted molar refractivity (Wildman–Crippen MR) is 97.6 cm³/mol. The summed E-state index contributed by atoms with van der Waals surface area (Å²) in [6, 6.07) is 19.6. The molecule has 4 nitrogen and oxygen atoms in total. The Hall–Kier alpha value is -2.33. The number of para-hydroxylation sites is 1. The number of ether oxygens (including phenoxy) is 2. The van der Waals surface area contributed by atoms with Gasteiger partial charge in [0.1, 0.15) is 18.0 Å². The summed E-state index contributed by atoms with van der Waals surface area (Å²) in [5, 5.41) is 0. The number of carbonyl (C=O) groups excluding carboxylic acids is 1. The molecule has 1 saturated heterocycles. The molecule has 2 aromatic carbocycles. The van der Waals surface area contributed by atoms with Crippen molar-refractivity contribution in [1.82, 2.24) is 4.90 Å². The van der Waals surface area contributed by atoms with E-state index in [0.717, 1.165) is 30.7 Å². The van der Waals surface area contributed by atoms with Crippen molar-refractivity contribution < 1.29 is 14.3 Å². The third-order valence-corrected chi connectivity index (χ3v) is 4.77. The van der Waals surface area contributed by atoms with Crippen LogP contribution in [0.1, 0.15) is 18.4 Å². The van der Waals surface area contributed by atoms with Gasteiger partial charge in [-0.2, -0.15) is 0 Å². The van der Waals surface area contributed by atoms with E-state index in [-0.39, 0.29) is 5.91 Å². The smallest absolute Gasteiger partial charge is 0.227 e. The number of nitrogens with zero attached hydrogens (tertiary/aromatic N) is 1. The summed E-state index contributed by atoms with van der Waals surface area (Å²) in [7, 11) is 1.71. The third kappa shape index (κ3) is 4.60. The topological polar surface area (TPSA) is 38.8 Å². The van der Waals surface area contributed by atoms with E-state index in [2.05, 4.69) is 0 Å². The van der Waals surface area contributed by atoms with Gasteiger partial charge in [0.05, 0.1) is 13.0 Å². The second kappa shape index (κ2) is 8.17. The zero-order chi connectivity index (χ0) is 17.5. The van der Waals surface area contributed by atoms with E-state index in [0.29, 0.717) is 19.6 Å². The summed E-state index contributed by atoms with van der Waals surface area (Å²) in [4.78, 5) is 14.6. The molecule has 1 aliphatic heterocycles. The molecule has 0 spiro atoms. The summed E-state index contributed by atoms with van der Waals surface area (Å²) >= 11 is 0. The number of methoxy groups -OCH3 is 1. The Bertz CT molecular complexity index is 674. The first-order chi connectivity index (χ1) is 12.2. The largest absolute Gasteiger partial charge is 0.491 e. The Morgan fingerprint density at radius 2 is 1.76 bits per heavy atom. The van der Waals surface area contributed by atoms with Crippen LogP contribution in [0.5, 0.6) is 5.75 Å². The number of rotatable bonds is 6. The molecule has 1 amide bonds. The van der Waals surface area contributed by atoms with Gasteiger partial charge in [0, 0.05) is 13.7 Å². The van der Waals surface area contributed by atoms with Crippen molar-refractivity contribution in [3.63, 3.8) is 0 Å². The lowest BCUT2D eigenvalue weighted by Gasteiger charge is -2.41. The number of amides is 1. The molecule has 25 heavy (non-hydrogen) atoms. The lowest BCUT2D eigenvalue weighted by molar-refractivity contribution is -0.142. The third-order valence-electron chi connectivity index (χ3n) is 4.77. The number of likely N-dealkylation sites (tertiary alicyclic amines) is 1. The van der Waals surface area contributed by atoms with Crippen molar-refractivity contribution in [3.05, 3.63) is 66.2 Å². The summed E-state index contributed by atoms with van der Waals surface area (Å²) in [6.07, 6.45) is 2.25. The van der Waals surface area contributed by atoms with Crippen LogP contribution in [0.15, 0.2) is 60.7 Å². The average Bonchev–Trinajstić information content (AvgIpc) is 2.68. The van der Waals surface area contributed by atoms with E-state index >= 15 is 0 Å². The van der Waals surface area contributed by atoms with Gasteiger partial charge < -0.3 is 14.4 Å². The Balaban J connectivity index is 1.62. The van der Waals surface area contributed by atoms with Crippen molar-refractivity contribution in [3.8, 4) is 5.75 Å². The fraction of sp³-hybridized carbons (Fsp3) is 0.381. The molecule has 0 radical (unpaired) electrons. The van der Waals surface area contributed by atoms with E-state index in [4.69, 9.17) is 9.47 Å². The first-order valence-electron chi connectivity index (χ1n) is 8.75. The molecule has 3 rings (SSSR count). The zero-order valence-electron chi connectivity index (χ0n) is 14.7. The van der Waals surface area contributed by atoms with Gasteiger partial charge >= 0.3 is 0 Å². The Labute approximate surface area is 149 Å². The molecule has 1 heterocycles. The maximum Gasteiger partial charge on any atom is 0.227 e. The molecule has 1 fully saturated rings. The summed E-state index contributed by atoms with van der Waals surface area (Å²) in [5.74, 6) is 0.971. The molecule has 2 aromatic rings. The molecular formula is C21H25NO3. The molecule has 0 saturated carbocycles. The first kappa shape index (κ1) is 17.5. The van der Waals surface area contributed by atoms with Crippen molar-refractivity contribution in [2.75, 3.05) is 26.8 Å². The number of hydrogen-bond donors (Lipinski definition) is 0. The minimum Gasteiger partial charge on any atom is -0.491 e. The van der Waals surface area contributed by atoms with Gasteiger partial charge in [-0.05, 0) is 30.5 Å². The molecule has 0 N–H and O–H groups in total. The fourth-order valence-corrected chi connectivity index (χ4v) is 3.27. The number of carbonyl (C=O) groups is 1. The molecular weight excluding hydrogens is 314 g/mol. The fourth-order valence-electron chi connectivity index (χ4n) is 3.27. The number of hydrogen-bond acceptors (Lipinski definition) is 3. The Morgan fingerprint density at radius 3 is 2.44 bits per heavy atom. The van der Waals surface area contributed by atoms with Gasteiger partial charge in [0.25, 0.3) is 0 Å². The molecule has 0 aromatic heterocycles. The number of benzene rings is 2. The van der Waals surface area contributed by atoms with Crippen molar-refractivity contribution in [2.24, 2.45) is 0 Å². The molecule has 0 aliphatic carbocycles. The van der Waals surface area contributed by atoms with Crippen LogP contribution in [0.4, 0.5) is 0 Å². The van der Waals surface area contributed by atoms with Gasteiger partial charge in [0.2, 0.25) is 5.91 Å². The standard InChI is InChI=1S/C21H25NO3/c1-24-21(17-25-19-11-6-3-7-12-19)13-8-14-22(16-21)20(23)15-18-9-4-2-5-10-18/h2-7,9-12H,8,13-17H2,1H3. The normalized spacial score (nSPS) is 20.3. The Kier molecular flexibility index (Phi) is 5.71. The van der Waals surface area contributed by atoms with Crippen LogP contribution in [0.2, 0.25) is 0 Å². The van der Waals surface area contributed by atoms with Crippen molar-refractivity contribution in [2.45, 2.75) is 24.9 Å². The van der Waals surface area contributed by atoms with E-state index in [1.165, 1.54) is 0 Å². The van der Waals surface area contributed by atoms with Crippen molar-refractivity contribution in [1.29, 1.82) is 0 Å². The summed E-state index contributed by atoms with van der Waals surface area (Å²) in [5.41, 5.74) is 0.599. The lowest BCUT2D eigenvalue weighted by Crippen LogP contribution is -2.54.